The van der Waals surface area contributed by atoms with Crippen LogP contribution in [-0.4, -0.2) is 48.1 Å². The molecule has 0 radical (unpaired) electrons. The molecule has 0 aliphatic carbocycles. The molecule has 2 aliphatic heterocycles. The van der Waals surface area contributed by atoms with Crippen molar-refractivity contribution in [3.63, 3.8) is 0 Å². The topological polar surface area (TPSA) is 83.9 Å². The van der Waals surface area contributed by atoms with E-state index in [1.54, 1.807) is 24.3 Å². The number of amides is 1. The number of amidine groups is 1. The molecule has 0 N–H and O–H groups in total. The average Bonchev–Trinajstić information content (AvgIpc) is 3.18. The normalized spacial score (nSPS) is 23.5. The summed E-state index contributed by atoms with van der Waals surface area (Å²) in [5, 5.41) is 0.386. The summed E-state index contributed by atoms with van der Waals surface area (Å²) in [6.45, 7) is 1.50. The van der Waals surface area contributed by atoms with Gasteiger partial charge in [0.2, 0.25) is 5.91 Å². The summed E-state index contributed by atoms with van der Waals surface area (Å²) in [5.74, 6) is -0.143. The molecule has 0 spiro atoms. The van der Waals surface area contributed by atoms with Crippen LogP contribution in [0.1, 0.15) is 29.3 Å². The number of aryl methyl sites for hydroxylation is 1. The maximum atomic E-state index is 12.5. The Morgan fingerprint density at radius 1 is 1.07 bits per heavy atom. The van der Waals surface area contributed by atoms with Gasteiger partial charge in [0.05, 0.1) is 17.5 Å². The van der Waals surface area contributed by atoms with Crippen LogP contribution in [0.25, 0.3) is 0 Å². The SMILES string of the molecule is CC(=O)c1ccc(N2C(=NC(=O)CCc3ccccc3)S[C@@H]3CS(=O)(=O)C[C@@H]32)cc1. The lowest BCUT2D eigenvalue weighted by molar-refractivity contribution is -0.117. The third-order valence-corrected chi connectivity index (χ3v) is 8.52. The van der Waals surface area contributed by atoms with Gasteiger partial charge >= 0.3 is 0 Å². The van der Waals surface area contributed by atoms with Crippen molar-refractivity contribution in [1.82, 2.24) is 0 Å². The smallest absolute Gasteiger partial charge is 0.248 e. The van der Waals surface area contributed by atoms with E-state index >= 15 is 0 Å². The summed E-state index contributed by atoms with van der Waals surface area (Å²) in [7, 11) is -3.12. The Bertz CT molecular complexity index is 1100. The van der Waals surface area contributed by atoms with Crippen molar-refractivity contribution in [2.45, 2.75) is 31.1 Å². The highest BCUT2D eigenvalue weighted by Gasteiger charge is 2.49. The van der Waals surface area contributed by atoms with E-state index in [0.717, 1.165) is 11.3 Å². The van der Waals surface area contributed by atoms with Crippen LogP contribution in [0.15, 0.2) is 59.6 Å². The van der Waals surface area contributed by atoms with E-state index in [0.29, 0.717) is 23.6 Å². The van der Waals surface area contributed by atoms with E-state index in [1.165, 1.54) is 18.7 Å². The lowest BCUT2D eigenvalue weighted by atomic mass is 10.1. The quantitative estimate of drug-likeness (QED) is 0.662. The molecule has 2 atom stereocenters. The largest absolute Gasteiger partial charge is 0.316 e. The Balaban J connectivity index is 1.58. The van der Waals surface area contributed by atoms with Crippen molar-refractivity contribution < 1.29 is 18.0 Å². The van der Waals surface area contributed by atoms with Gasteiger partial charge in [0.15, 0.2) is 20.8 Å². The molecule has 2 aliphatic rings. The third kappa shape index (κ3) is 4.49. The van der Waals surface area contributed by atoms with Gasteiger partial charge in [-0.1, -0.05) is 42.1 Å². The zero-order valence-corrected chi connectivity index (χ0v) is 18.2. The number of benzene rings is 2. The maximum absolute atomic E-state index is 12.5. The van der Waals surface area contributed by atoms with Crippen molar-refractivity contribution in [2.24, 2.45) is 4.99 Å². The molecule has 2 aromatic carbocycles. The van der Waals surface area contributed by atoms with Crippen LogP contribution in [0.5, 0.6) is 0 Å². The number of ketones is 1. The lowest BCUT2D eigenvalue weighted by Crippen LogP contribution is -2.37. The van der Waals surface area contributed by atoms with Crippen molar-refractivity contribution in [2.75, 3.05) is 16.4 Å². The molecule has 2 heterocycles. The summed E-state index contributed by atoms with van der Waals surface area (Å²) in [4.78, 5) is 30.3. The minimum absolute atomic E-state index is 0.0380. The monoisotopic (exact) mass is 442 g/mol. The van der Waals surface area contributed by atoms with Gasteiger partial charge in [-0.05, 0) is 43.2 Å². The fourth-order valence-electron chi connectivity index (χ4n) is 3.78. The third-order valence-electron chi connectivity index (χ3n) is 5.31. The van der Waals surface area contributed by atoms with Crippen molar-refractivity contribution in [1.29, 1.82) is 0 Å². The lowest BCUT2D eigenvalue weighted by Gasteiger charge is -2.24. The maximum Gasteiger partial charge on any atom is 0.248 e. The molecule has 8 heteroatoms. The molecule has 0 aromatic heterocycles. The molecular weight excluding hydrogens is 420 g/mol. The number of nitrogens with zero attached hydrogens (tertiary/aromatic N) is 2. The zero-order chi connectivity index (χ0) is 21.3. The van der Waals surface area contributed by atoms with Crippen LogP contribution in [0, 0.1) is 0 Å². The van der Waals surface area contributed by atoms with E-state index in [1.807, 2.05) is 35.2 Å². The summed E-state index contributed by atoms with van der Waals surface area (Å²) < 4.78 is 24.3. The molecule has 30 heavy (non-hydrogen) atoms. The first kappa shape index (κ1) is 20.8. The second kappa shape index (κ2) is 8.35. The number of thioether (sulfide) groups is 1. The fourth-order valence-corrected chi connectivity index (χ4v) is 7.71. The predicted octanol–water partition coefficient (Wildman–Crippen LogP) is 3.12. The van der Waals surface area contributed by atoms with Crippen LogP contribution in [-0.2, 0) is 21.1 Å². The number of fused-ring (bicyclic) bond motifs is 1. The summed E-state index contributed by atoms with van der Waals surface area (Å²) in [6.07, 6.45) is 0.897. The number of aliphatic imine (C=N–C) groups is 1. The van der Waals surface area contributed by atoms with Gasteiger partial charge in [-0.2, -0.15) is 4.99 Å². The van der Waals surface area contributed by atoms with E-state index in [-0.39, 0.29) is 34.5 Å². The Morgan fingerprint density at radius 3 is 2.43 bits per heavy atom. The van der Waals surface area contributed by atoms with Gasteiger partial charge in [0, 0.05) is 22.9 Å². The van der Waals surface area contributed by atoms with E-state index in [9.17, 15) is 18.0 Å². The molecule has 0 saturated carbocycles. The summed E-state index contributed by atoms with van der Waals surface area (Å²) in [6, 6.07) is 16.5. The van der Waals surface area contributed by atoms with Crippen LogP contribution >= 0.6 is 11.8 Å². The van der Waals surface area contributed by atoms with E-state index in [2.05, 4.69) is 4.99 Å². The second-order valence-electron chi connectivity index (χ2n) is 7.55. The molecule has 6 nitrogen and oxygen atoms in total. The number of Topliss-reactive ketones (excluding diaryl/α,β-unsaturated/α-hetero) is 1. The second-order valence-corrected chi connectivity index (χ2v) is 10.9. The van der Waals surface area contributed by atoms with Gasteiger partial charge in [0.25, 0.3) is 0 Å². The van der Waals surface area contributed by atoms with Crippen LogP contribution in [0.4, 0.5) is 5.69 Å². The minimum atomic E-state index is -3.12. The van der Waals surface area contributed by atoms with Gasteiger partial charge in [-0.3, -0.25) is 9.59 Å². The van der Waals surface area contributed by atoms with E-state index < -0.39 is 9.84 Å². The standard InChI is InChI=1S/C22H22N2O4S2/c1-15(25)17-8-10-18(11-9-17)24-19-13-30(27,28)14-20(19)29-22(24)23-21(26)12-7-16-5-3-2-4-6-16/h2-6,8-11,19-20H,7,12-14H2,1H3/t19-,20+/m0/s1. The van der Waals surface area contributed by atoms with Crippen molar-refractivity contribution >= 4 is 44.1 Å². The van der Waals surface area contributed by atoms with Gasteiger partial charge < -0.3 is 4.90 Å². The number of hydrogen-bond donors (Lipinski definition) is 0. The fraction of sp³-hybridized carbons (Fsp3) is 0.318. The molecular formula is C22H22N2O4S2. The minimum Gasteiger partial charge on any atom is -0.316 e. The first-order valence-electron chi connectivity index (χ1n) is 9.75. The van der Waals surface area contributed by atoms with Crippen LogP contribution in [0.3, 0.4) is 0 Å². The number of rotatable bonds is 5. The number of anilines is 1. The Labute approximate surface area is 180 Å². The molecule has 4 rings (SSSR count). The summed E-state index contributed by atoms with van der Waals surface area (Å²) in [5.41, 5.74) is 2.40. The molecule has 2 aromatic rings. The summed E-state index contributed by atoms with van der Waals surface area (Å²) >= 11 is 1.36. The highest BCUT2D eigenvalue weighted by Crippen LogP contribution is 2.41. The highest BCUT2D eigenvalue weighted by molar-refractivity contribution is 8.16. The molecule has 0 bridgehead atoms. The number of carbonyl (C=O) groups excluding carboxylic acids is 2. The van der Waals surface area contributed by atoms with Gasteiger partial charge in [-0.25, -0.2) is 8.42 Å². The van der Waals surface area contributed by atoms with Crippen molar-refractivity contribution in [3.8, 4) is 0 Å². The van der Waals surface area contributed by atoms with Crippen LogP contribution in [0.2, 0.25) is 0 Å². The molecule has 0 unspecified atom stereocenters. The van der Waals surface area contributed by atoms with Gasteiger partial charge in [-0.15, -0.1) is 0 Å². The molecule has 2 fully saturated rings. The van der Waals surface area contributed by atoms with Crippen LogP contribution < -0.4 is 4.90 Å². The first-order valence-corrected chi connectivity index (χ1v) is 12.5. The predicted molar refractivity (Wildman–Crippen MR) is 120 cm³/mol. The molecule has 1 amide bonds. The van der Waals surface area contributed by atoms with Gasteiger partial charge in [0.1, 0.15) is 0 Å². The highest BCUT2D eigenvalue weighted by atomic mass is 32.2. The first-order chi connectivity index (χ1) is 14.3. The van der Waals surface area contributed by atoms with E-state index in [4.69, 9.17) is 0 Å². The zero-order valence-electron chi connectivity index (χ0n) is 16.5. The Morgan fingerprint density at radius 2 is 1.77 bits per heavy atom. The Hall–Kier alpha value is -2.45. The molecule has 2 saturated heterocycles. The number of sulfone groups is 1. The van der Waals surface area contributed by atoms with Crippen molar-refractivity contribution in [3.05, 3.63) is 65.7 Å². The average molecular weight is 443 g/mol. The molecule has 156 valence electrons. The number of hydrogen-bond acceptors (Lipinski definition) is 5. The number of carbonyl (C=O) groups is 2. The Kier molecular flexibility index (Phi) is 5.79.